The Labute approximate surface area is 351 Å². The van der Waals surface area contributed by atoms with Crippen molar-refractivity contribution in [3.05, 3.63) is 106 Å². The highest BCUT2D eigenvalue weighted by molar-refractivity contribution is 5.51. The van der Waals surface area contributed by atoms with Gasteiger partial charge in [0.2, 0.25) is 0 Å². The average molecular weight is 779 g/mol. The van der Waals surface area contributed by atoms with Crippen LogP contribution in [-0.2, 0) is 4.74 Å². The summed E-state index contributed by atoms with van der Waals surface area (Å²) < 4.78 is 6.93. The van der Waals surface area contributed by atoms with Gasteiger partial charge in [-0.25, -0.2) is 0 Å². The largest absolute Gasteiger partial charge is 0.486 e. The first-order valence-corrected chi connectivity index (χ1v) is 25.0. The van der Waals surface area contributed by atoms with Crippen molar-refractivity contribution in [1.82, 2.24) is 10.6 Å². The van der Waals surface area contributed by atoms with Gasteiger partial charge in [0.1, 0.15) is 11.9 Å². The first kappa shape index (κ1) is 38.2. The Hall–Kier alpha value is -2.78. The molecule has 0 bridgehead atoms. The summed E-state index contributed by atoms with van der Waals surface area (Å²) in [4.78, 5) is 0. The SMILES string of the molecule is CC1CCCC=C1C1=CC(C2=CCC(C3CC=C(C4CCCC(C56C7=CCCC=C7OC7C=CC=C(C8CCC=CC85)C76)C4)CC3)CC2)NC(C2CCCCC2C)N1. The van der Waals surface area contributed by atoms with Gasteiger partial charge in [-0.1, -0.05) is 105 Å². The smallest absolute Gasteiger partial charge is 0.125 e. The molecule has 0 aromatic heterocycles. The van der Waals surface area contributed by atoms with Crippen molar-refractivity contribution in [2.24, 2.45) is 64.6 Å². The zero-order chi connectivity index (χ0) is 38.8. The Morgan fingerprint density at radius 1 is 0.741 bits per heavy atom. The van der Waals surface area contributed by atoms with E-state index in [0.29, 0.717) is 35.9 Å². The molecule has 0 amide bonds. The number of nitrogens with one attached hydrogen (secondary N) is 2. The van der Waals surface area contributed by atoms with Crippen molar-refractivity contribution < 1.29 is 4.74 Å². The zero-order valence-corrected chi connectivity index (χ0v) is 36.1. The Bertz CT molecular complexity index is 1880. The second-order valence-corrected chi connectivity index (χ2v) is 21.4. The van der Waals surface area contributed by atoms with Gasteiger partial charge in [0.15, 0.2) is 0 Å². The summed E-state index contributed by atoms with van der Waals surface area (Å²) in [6, 6.07) is 0.389. The fourth-order valence-electron chi connectivity index (χ4n) is 15.8. The van der Waals surface area contributed by atoms with Gasteiger partial charge in [0.05, 0.1) is 12.2 Å². The van der Waals surface area contributed by atoms with E-state index in [2.05, 4.69) is 91.3 Å². The first-order valence-electron chi connectivity index (χ1n) is 25.0. The minimum absolute atomic E-state index is 0.204. The number of fused-ring (bicyclic) bond motifs is 5. The Morgan fingerprint density at radius 3 is 2.41 bits per heavy atom. The maximum Gasteiger partial charge on any atom is 0.125 e. The zero-order valence-electron chi connectivity index (χ0n) is 36.1. The monoisotopic (exact) mass is 779 g/mol. The van der Waals surface area contributed by atoms with Gasteiger partial charge in [-0.15, -0.1) is 0 Å². The highest BCUT2D eigenvalue weighted by Gasteiger charge is 2.67. The predicted molar refractivity (Wildman–Crippen MR) is 239 cm³/mol. The van der Waals surface area contributed by atoms with Crippen LogP contribution in [0, 0.1) is 64.6 Å². The average Bonchev–Trinajstić information content (AvgIpc) is 3.59. The van der Waals surface area contributed by atoms with E-state index in [4.69, 9.17) is 4.74 Å². The fourth-order valence-corrected chi connectivity index (χ4v) is 15.8. The minimum Gasteiger partial charge on any atom is -0.486 e. The molecule has 3 saturated carbocycles. The van der Waals surface area contributed by atoms with E-state index in [-0.39, 0.29) is 11.5 Å². The summed E-state index contributed by atoms with van der Waals surface area (Å²) in [5, 5.41) is 8.32. The third-order valence-electron chi connectivity index (χ3n) is 18.6. The van der Waals surface area contributed by atoms with Crippen LogP contribution in [0.4, 0.5) is 0 Å². The molecule has 0 radical (unpaired) electrons. The molecular weight excluding hydrogens is 705 g/mol. The summed E-state index contributed by atoms with van der Waals surface area (Å²) in [6.07, 6.45) is 57.0. The Morgan fingerprint density at radius 2 is 1.59 bits per heavy atom. The van der Waals surface area contributed by atoms with Gasteiger partial charge in [-0.05, 0) is 192 Å². The van der Waals surface area contributed by atoms with Gasteiger partial charge >= 0.3 is 0 Å². The van der Waals surface area contributed by atoms with E-state index in [1.165, 1.54) is 140 Å². The number of rotatable bonds is 6. The molecule has 2 N–H and O–H groups in total. The number of allylic oxidation sites excluding steroid dienone is 12. The third-order valence-corrected chi connectivity index (χ3v) is 18.6. The molecule has 2 aliphatic heterocycles. The molecule has 14 atom stereocenters. The summed E-state index contributed by atoms with van der Waals surface area (Å²) >= 11 is 0. The molecule has 11 aliphatic rings. The van der Waals surface area contributed by atoms with Crippen molar-refractivity contribution in [3.8, 4) is 0 Å². The van der Waals surface area contributed by atoms with E-state index in [9.17, 15) is 0 Å². The van der Waals surface area contributed by atoms with Crippen LogP contribution in [-0.4, -0.2) is 18.3 Å². The molecule has 2 heterocycles. The molecule has 14 unspecified atom stereocenters. The van der Waals surface area contributed by atoms with Gasteiger partial charge < -0.3 is 10.1 Å². The quantitative estimate of drug-likeness (QED) is 0.264. The van der Waals surface area contributed by atoms with Crippen LogP contribution in [0.5, 0.6) is 0 Å². The predicted octanol–water partition coefficient (Wildman–Crippen LogP) is 13.3. The molecule has 11 rings (SSSR count). The molecular formula is C55H74N2O. The lowest BCUT2D eigenvalue weighted by atomic mass is 9.51. The van der Waals surface area contributed by atoms with Crippen molar-refractivity contribution in [2.45, 2.75) is 167 Å². The molecule has 0 aromatic rings. The summed E-state index contributed by atoms with van der Waals surface area (Å²) in [5.41, 5.74) is 10.2. The van der Waals surface area contributed by atoms with E-state index >= 15 is 0 Å². The highest BCUT2D eigenvalue weighted by Crippen LogP contribution is 2.71. The van der Waals surface area contributed by atoms with Crippen molar-refractivity contribution in [3.63, 3.8) is 0 Å². The van der Waals surface area contributed by atoms with Gasteiger partial charge in [0.25, 0.3) is 0 Å². The van der Waals surface area contributed by atoms with Crippen LogP contribution in [0.25, 0.3) is 0 Å². The highest BCUT2D eigenvalue weighted by atomic mass is 16.5. The lowest BCUT2D eigenvalue weighted by Gasteiger charge is -2.56. The number of hydrogen-bond donors (Lipinski definition) is 2. The van der Waals surface area contributed by atoms with Crippen LogP contribution in [0.3, 0.4) is 0 Å². The van der Waals surface area contributed by atoms with E-state index in [0.717, 1.165) is 41.9 Å². The Balaban J connectivity index is 0.792. The number of ether oxygens (including phenoxy) is 1. The molecule has 0 aromatic carbocycles. The summed E-state index contributed by atoms with van der Waals surface area (Å²) in [6.45, 7) is 4.98. The first-order chi connectivity index (χ1) is 28.6. The van der Waals surface area contributed by atoms with Crippen molar-refractivity contribution in [1.29, 1.82) is 0 Å². The van der Waals surface area contributed by atoms with Crippen LogP contribution >= 0.6 is 0 Å². The summed E-state index contributed by atoms with van der Waals surface area (Å²) in [7, 11) is 0. The van der Waals surface area contributed by atoms with Crippen LogP contribution < -0.4 is 10.6 Å². The molecule has 3 heteroatoms. The minimum atomic E-state index is 0.204. The van der Waals surface area contributed by atoms with Crippen molar-refractivity contribution in [2.75, 3.05) is 0 Å². The second-order valence-electron chi connectivity index (χ2n) is 21.4. The standard InChI is InChI=1S/C55H74N2O/c1-35-13-3-5-17-43(35)50-34-49(56-54(57-50)44-18-6-4-14-36(44)2)40-31-29-38(30-32-40)37-25-27-39(28-26-37)41-15-11-16-42(33-41)55-47-21-8-7-19-45(47)46-20-12-24-52(53(46)55)58-51-23-10-9-22-48(51)55/h8,12,17,20-24,27,31,34-38,41-42,44-45,47,49,52-54,56-57H,3-7,9-11,13-16,18-19,25-26,28-30,32-33H2,1-2H3. The molecule has 1 saturated heterocycles. The van der Waals surface area contributed by atoms with Crippen molar-refractivity contribution >= 4 is 0 Å². The summed E-state index contributed by atoms with van der Waals surface area (Å²) in [5.74, 6) is 8.50. The molecule has 58 heavy (non-hydrogen) atoms. The third kappa shape index (κ3) is 6.52. The van der Waals surface area contributed by atoms with E-state index < -0.39 is 0 Å². The van der Waals surface area contributed by atoms with Gasteiger partial charge in [0, 0.05) is 17.0 Å². The fraction of sp³-hybridized carbons (Fsp3) is 0.673. The van der Waals surface area contributed by atoms with E-state index in [1.54, 1.807) is 22.3 Å². The lowest BCUT2D eigenvalue weighted by molar-refractivity contribution is -0.0329. The van der Waals surface area contributed by atoms with E-state index in [1.807, 2.05) is 5.57 Å². The number of hydrogen-bond acceptors (Lipinski definition) is 3. The lowest BCUT2D eigenvalue weighted by Crippen LogP contribution is -2.57. The topological polar surface area (TPSA) is 33.3 Å². The van der Waals surface area contributed by atoms with Crippen LogP contribution in [0.15, 0.2) is 106 Å². The Kier molecular flexibility index (Phi) is 10.5. The van der Waals surface area contributed by atoms with Gasteiger partial charge in [-0.2, -0.15) is 0 Å². The van der Waals surface area contributed by atoms with Crippen LogP contribution in [0.1, 0.15) is 149 Å². The maximum absolute atomic E-state index is 6.93. The normalized spacial score (nSPS) is 44.7. The molecule has 4 fully saturated rings. The molecule has 0 spiro atoms. The molecule has 310 valence electrons. The molecule has 9 aliphatic carbocycles. The molecule has 3 nitrogen and oxygen atoms in total. The van der Waals surface area contributed by atoms with Gasteiger partial charge in [-0.3, -0.25) is 5.32 Å². The second kappa shape index (κ2) is 15.9. The maximum atomic E-state index is 6.93. The van der Waals surface area contributed by atoms with Crippen LogP contribution in [0.2, 0.25) is 0 Å².